The lowest BCUT2D eigenvalue weighted by molar-refractivity contribution is 0.286. The molecule has 13 heavy (non-hydrogen) atoms. The van der Waals surface area contributed by atoms with Crippen LogP contribution >= 0.6 is 11.6 Å². The van der Waals surface area contributed by atoms with Crippen LogP contribution in [0.2, 0.25) is 5.02 Å². The van der Waals surface area contributed by atoms with E-state index in [4.69, 9.17) is 17.3 Å². The molecule has 3 nitrogen and oxygen atoms in total. The lowest BCUT2D eigenvalue weighted by Gasteiger charge is -2.13. The Labute approximate surface area is 83.4 Å². The molecule has 0 aromatic heterocycles. The molecule has 0 saturated heterocycles. The van der Waals surface area contributed by atoms with Crippen LogP contribution in [0.3, 0.4) is 0 Å². The molecule has 0 aliphatic rings. The summed E-state index contributed by atoms with van der Waals surface area (Å²) in [4.78, 5) is 0. The molecule has 0 amide bonds. The minimum atomic E-state index is 0.694. The van der Waals surface area contributed by atoms with Gasteiger partial charge in [-0.15, -0.1) is 0 Å². The first-order valence-corrected chi connectivity index (χ1v) is 4.42. The van der Waals surface area contributed by atoms with Gasteiger partial charge in [0, 0.05) is 31.4 Å². The van der Waals surface area contributed by atoms with Gasteiger partial charge in [-0.1, -0.05) is 11.6 Å². The Kier molecular flexibility index (Phi) is 3.54. The van der Waals surface area contributed by atoms with Crippen molar-refractivity contribution in [2.24, 2.45) is 0 Å². The minimum Gasteiger partial charge on any atom is -0.398 e. The van der Waals surface area contributed by atoms with Crippen molar-refractivity contribution in [1.29, 1.82) is 0 Å². The highest BCUT2D eigenvalue weighted by Crippen LogP contribution is 2.17. The summed E-state index contributed by atoms with van der Waals surface area (Å²) in [5, 5.41) is 2.59. The summed E-state index contributed by atoms with van der Waals surface area (Å²) in [7, 11) is 3.86. The van der Waals surface area contributed by atoms with Gasteiger partial charge in [0.05, 0.1) is 0 Å². The van der Waals surface area contributed by atoms with E-state index < -0.39 is 0 Å². The second-order valence-electron chi connectivity index (χ2n) is 3.07. The number of benzene rings is 1. The third-order valence-electron chi connectivity index (χ3n) is 1.69. The van der Waals surface area contributed by atoms with Gasteiger partial charge in [0.1, 0.15) is 0 Å². The standard InChI is InChI=1S/C9H14ClN3/c1-13(2)12-6-7-5-8(10)3-4-9(7)11/h3-5,12H,6,11H2,1-2H3. The Hall–Kier alpha value is -0.770. The van der Waals surface area contributed by atoms with Crippen LogP contribution in [0.4, 0.5) is 5.69 Å². The van der Waals surface area contributed by atoms with E-state index >= 15 is 0 Å². The van der Waals surface area contributed by atoms with Crippen molar-refractivity contribution in [3.63, 3.8) is 0 Å². The molecule has 0 spiro atoms. The van der Waals surface area contributed by atoms with E-state index in [9.17, 15) is 0 Å². The molecule has 0 fully saturated rings. The van der Waals surface area contributed by atoms with Crippen LogP contribution in [0.25, 0.3) is 0 Å². The fourth-order valence-corrected chi connectivity index (χ4v) is 1.17. The fourth-order valence-electron chi connectivity index (χ4n) is 0.971. The molecule has 1 rings (SSSR count). The number of halogens is 1. The number of nitrogen functional groups attached to an aromatic ring is 1. The summed E-state index contributed by atoms with van der Waals surface area (Å²) >= 11 is 5.84. The van der Waals surface area contributed by atoms with Crippen LogP contribution < -0.4 is 11.2 Å². The highest BCUT2D eigenvalue weighted by Gasteiger charge is 1.99. The number of rotatable bonds is 3. The highest BCUT2D eigenvalue weighted by molar-refractivity contribution is 6.30. The molecule has 3 N–H and O–H groups in total. The highest BCUT2D eigenvalue weighted by atomic mass is 35.5. The van der Waals surface area contributed by atoms with Gasteiger partial charge < -0.3 is 5.73 Å². The SMILES string of the molecule is CN(C)NCc1cc(Cl)ccc1N. The van der Waals surface area contributed by atoms with Crippen LogP contribution in [-0.4, -0.2) is 19.1 Å². The average molecular weight is 200 g/mol. The largest absolute Gasteiger partial charge is 0.398 e. The molecule has 0 aliphatic carbocycles. The summed E-state index contributed by atoms with van der Waals surface area (Å²) in [5.74, 6) is 0. The maximum Gasteiger partial charge on any atom is 0.0410 e. The Morgan fingerprint density at radius 2 is 2.15 bits per heavy atom. The van der Waals surface area contributed by atoms with E-state index in [-0.39, 0.29) is 0 Å². The number of hydrogen-bond acceptors (Lipinski definition) is 3. The predicted octanol–water partition coefficient (Wildman–Crippen LogP) is 1.49. The summed E-state index contributed by atoms with van der Waals surface area (Å²) in [6.07, 6.45) is 0. The lowest BCUT2D eigenvalue weighted by atomic mass is 10.2. The van der Waals surface area contributed by atoms with E-state index in [0.717, 1.165) is 11.3 Å². The van der Waals surface area contributed by atoms with Gasteiger partial charge in [-0.2, -0.15) is 0 Å². The number of anilines is 1. The molecular weight excluding hydrogens is 186 g/mol. The van der Waals surface area contributed by atoms with Crippen LogP contribution in [0.1, 0.15) is 5.56 Å². The molecule has 1 aromatic carbocycles. The van der Waals surface area contributed by atoms with Gasteiger partial charge in [0.2, 0.25) is 0 Å². The zero-order valence-corrected chi connectivity index (χ0v) is 8.60. The quantitative estimate of drug-likeness (QED) is 0.573. The summed E-state index contributed by atoms with van der Waals surface area (Å²) < 4.78 is 0. The van der Waals surface area contributed by atoms with Gasteiger partial charge in [-0.3, -0.25) is 10.4 Å². The Morgan fingerprint density at radius 1 is 1.46 bits per heavy atom. The minimum absolute atomic E-state index is 0.694. The molecule has 0 radical (unpaired) electrons. The zero-order valence-electron chi connectivity index (χ0n) is 7.84. The topological polar surface area (TPSA) is 41.3 Å². The number of nitrogens with two attached hydrogens (primary N) is 1. The first kappa shape index (κ1) is 10.3. The average Bonchev–Trinajstić information content (AvgIpc) is 2.06. The Morgan fingerprint density at radius 3 is 2.77 bits per heavy atom. The predicted molar refractivity (Wildman–Crippen MR) is 56.4 cm³/mol. The summed E-state index contributed by atoms with van der Waals surface area (Å²) in [6.45, 7) is 0.694. The summed E-state index contributed by atoms with van der Waals surface area (Å²) in [5.41, 5.74) is 10.7. The number of nitrogens with zero attached hydrogens (tertiary/aromatic N) is 1. The van der Waals surface area contributed by atoms with Gasteiger partial charge >= 0.3 is 0 Å². The second kappa shape index (κ2) is 4.46. The molecule has 1 aromatic rings. The first-order chi connectivity index (χ1) is 6.09. The number of hydrogen-bond donors (Lipinski definition) is 2. The maximum absolute atomic E-state index is 5.84. The third kappa shape index (κ3) is 3.22. The van der Waals surface area contributed by atoms with E-state index in [2.05, 4.69) is 5.43 Å². The van der Waals surface area contributed by atoms with Crippen molar-refractivity contribution in [2.75, 3.05) is 19.8 Å². The third-order valence-corrected chi connectivity index (χ3v) is 1.93. The van der Waals surface area contributed by atoms with Crippen LogP contribution in [0, 0.1) is 0 Å². The molecule has 4 heteroatoms. The van der Waals surface area contributed by atoms with Crippen molar-refractivity contribution in [2.45, 2.75) is 6.54 Å². The smallest absolute Gasteiger partial charge is 0.0410 e. The number of hydrazine groups is 1. The van der Waals surface area contributed by atoms with Crippen molar-refractivity contribution < 1.29 is 0 Å². The van der Waals surface area contributed by atoms with Crippen molar-refractivity contribution in [1.82, 2.24) is 10.4 Å². The zero-order chi connectivity index (χ0) is 9.84. The molecule has 0 bridgehead atoms. The van der Waals surface area contributed by atoms with Crippen molar-refractivity contribution in [3.05, 3.63) is 28.8 Å². The maximum atomic E-state index is 5.84. The second-order valence-corrected chi connectivity index (χ2v) is 3.51. The van der Waals surface area contributed by atoms with Crippen LogP contribution in [0.5, 0.6) is 0 Å². The van der Waals surface area contributed by atoms with Gasteiger partial charge in [0.15, 0.2) is 0 Å². The Balaban J connectivity index is 2.70. The molecule has 72 valence electrons. The molecule has 0 aliphatic heterocycles. The van der Waals surface area contributed by atoms with Crippen molar-refractivity contribution >= 4 is 17.3 Å². The Bertz CT molecular complexity index is 286. The first-order valence-electron chi connectivity index (χ1n) is 4.04. The van der Waals surface area contributed by atoms with E-state index in [1.54, 1.807) is 6.07 Å². The molecule has 0 atom stereocenters. The van der Waals surface area contributed by atoms with E-state index in [0.29, 0.717) is 11.6 Å². The van der Waals surface area contributed by atoms with Crippen LogP contribution in [0.15, 0.2) is 18.2 Å². The van der Waals surface area contributed by atoms with Crippen LogP contribution in [-0.2, 0) is 6.54 Å². The van der Waals surface area contributed by atoms with Gasteiger partial charge in [-0.25, -0.2) is 0 Å². The molecular formula is C9H14ClN3. The van der Waals surface area contributed by atoms with Crippen molar-refractivity contribution in [3.8, 4) is 0 Å². The molecule has 0 unspecified atom stereocenters. The molecule has 0 saturated carbocycles. The summed E-state index contributed by atoms with van der Waals surface area (Å²) in [6, 6.07) is 5.47. The molecule has 0 heterocycles. The van der Waals surface area contributed by atoms with Gasteiger partial charge in [0.25, 0.3) is 0 Å². The lowest BCUT2D eigenvalue weighted by Crippen LogP contribution is -2.29. The van der Waals surface area contributed by atoms with E-state index in [1.807, 2.05) is 31.2 Å². The fraction of sp³-hybridized carbons (Fsp3) is 0.333. The monoisotopic (exact) mass is 199 g/mol. The number of nitrogens with one attached hydrogen (secondary N) is 1. The van der Waals surface area contributed by atoms with E-state index in [1.165, 1.54) is 0 Å². The normalized spacial score (nSPS) is 10.8. The van der Waals surface area contributed by atoms with Gasteiger partial charge in [-0.05, 0) is 23.8 Å².